The van der Waals surface area contributed by atoms with Crippen molar-refractivity contribution in [3.05, 3.63) is 57.7 Å². The molecule has 0 spiro atoms. The average Bonchev–Trinajstić information content (AvgIpc) is 3.40. The maximum absolute atomic E-state index is 13.5. The van der Waals surface area contributed by atoms with Crippen LogP contribution in [-0.4, -0.2) is 58.6 Å². The molecular formula is C32H33BrF3N3O6. The second-order valence-corrected chi connectivity index (χ2v) is 13.2. The van der Waals surface area contributed by atoms with Crippen LogP contribution in [0.4, 0.5) is 28.4 Å². The highest BCUT2D eigenvalue weighted by atomic mass is 79.9. The predicted molar refractivity (Wildman–Crippen MR) is 165 cm³/mol. The van der Waals surface area contributed by atoms with Crippen molar-refractivity contribution in [2.75, 3.05) is 18.6 Å². The first-order valence-corrected chi connectivity index (χ1v) is 14.7. The molecular weight excluding hydrogens is 659 g/mol. The van der Waals surface area contributed by atoms with E-state index in [2.05, 4.69) is 27.8 Å². The number of ether oxygens (including phenoxy) is 3. The van der Waals surface area contributed by atoms with Crippen LogP contribution in [0.15, 0.2) is 40.9 Å². The normalized spacial score (nSPS) is 13.3. The van der Waals surface area contributed by atoms with E-state index in [-0.39, 0.29) is 35.8 Å². The third kappa shape index (κ3) is 7.92. The van der Waals surface area contributed by atoms with Crippen LogP contribution < -0.4 is 9.64 Å². The Morgan fingerprint density at radius 1 is 1.02 bits per heavy atom. The average molecular weight is 693 g/mol. The van der Waals surface area contributed by atoms with Gasteiger partial charge in [0.1, 0.15) is 23.5 Å². The molecule has 0 aliphatic carbocycles. The summed E-state index contributed by atoms with van der Waals surface area (Å²) in [7, 11) is 1.35. The fourth-order valence-corrected chi connectivity index (χ4v) is 5.11. The van der Waals surface area contributed by atoms with Crippen molar-refractivity contribution in [2.45, 2.75) is 72.0 Å². The van der Waals surface area contributed by atoms with Crippen molar-refractivity contribution in [3.63, 3.8) is 0 Å². The molecule has 1 aliphatic heterocycles. The van der Waals surface area contributed by atoms with Gasteiger partial charge < -0.3 is 18.8 Å². The number of carbonyl (C=O) groups excluding carboxylic acids is 3. The van der Waals surface area contributed by atoms with Crippen molar-refractivity contribution in [3.8, 4) is 17.6 Å². The highest BCUT2D eigenvalue weighted by molar-refractivity contribution is 9.10. The fraction of sp³-hybridized carbons (Fsp3) is 0.406. The number of nitrogens with zero attached hydrogens (tertiary/aromatic N) is 3. The molecule has 3 aromatic rings. The first-order chi connectivity index (χ1) is 20.8. The highest BCUT2D eigenvalue weighted by Gasteiger charge is 2.37. The second-order valence-electron chi connectivity index (χ2n) is 12.3. The van der Waals surface area contributed by atoms with E-state index in [1.807, 2.05) is 0 Å². The van der Waals surface area contributed by atoms with Crippen molar-refractivity contribution in [2.24, 2.45) is 0 Å². The van der Waals surface area contributed by atoms with Gasteiger partial charge in [0.05, 0.1) is 37.1 Å². The molecule has 0 fully saturated rings. The lowest BCUT2D eigenvalue weighted by Crippen LogP contribution is -2.37. The molecule has 13 heteroatoms. The minimum atomic E-state index is -4.50. The molecule has 0 saturated carbocycles. The number of benzene rings is 2. The molecule has 0 unspecified atom stereocenters. The van der Waals surface area contributed by atoms with Crippen LogP contribution >= 0.6 is 15.9 Å². The molecule has 0 N–H and O–H groups in total. The molecule has 9 nitrogen and oxygen atoms in total. The van der Waals surface area contributed by atoms with Gasteiger partial charge in [0.25, 0.3) is 5.91 Å². The van der Waals surface area contributed by atoms with Crippen LogP contribution in [0.2, 0.25) is 0 Å². The van der Waals surface area contributed by atoms with Crippen LogP contribution in [0.1, 0.15) is 63.2 Å². The largest absolute Gasteiger partial charge is 0.495 e. The van der Waals surface area contributed by atoms with Gasteiger partial charge in [0.15, 0.2) is 0 Å². The Morgan fingerprint density at radius 3 is 2.29 bits per heavy atom. The summed E-state index contributed by atoms with van der Waals surface area (Å²) in [6.45, 7) is 8.41. The Balaban J connectivity index is 1.75. The van der Waals surface area contributed by atoms with E-state index in [4.69, 9.17) is 14.2 Å². The number of fused-ring (bicyclic) bond motifs is 2. The highest BCUT2D eigenvalue weighted by Crippen LogP contribution is 2.37. The lowest BCUT2D eigenvalue weighted by Gasteiger charge is -2.27. The molecule has 0 radical (unpaired) electrons. The van der Waals surface area contributed by atoms with Crippen molar-refractivity contribution in [1.82, 2.24) is 9.47 Å². The summed E-state index contributed by atoms with van der Waals surface area (Å²) in [5.74, 6) is 5.14. The minimum absolute atomic E-state index is 0.0953. The molecule has 4 rings (SSSR count). The van der Waals surface area contributed by atoms with E-state index >= 15 is 0 Å². The van der Waals surface area contributed by atoms with E-state index in [1.54, 1.807) is 65.8 Å². The quantitative estimate of drug-likeness (QED) is 0.261. The third-order valence-corrected chi connectivity index (χ3v) is 7.10. The number of carbonyl (C=O) groups is 3. The molecule has 240 valence electrons. The van der Waals surface area contributed by atoms with E-state index in [0.29, 0.717) is 20.9 Å². The van der Waals surface area contributed by atoms with E-state index in [1.165, 1.54) is 24.1 Å². The Labute approximate surface area is 267 Å². The summed E-state index contributed by atoms with van der Waals surface area (Å²) in [5, 5.41) is 0.551. The first-order valence-electron chi connectivity index (χ1n) is 13.9. The summed E-state index contributed by atoms with van der Waals surface area (Å²) in [6, 6.07) is 9.41. The lowest BCUT2D eigenvalue weighted by molar-refractivity contribution is -0.140. The number of anilines is 1. The van der Waals surface area contributed by atoms with Gasteiger partial charge in [-0.2, -0.15) is 13.2 Å². The molecule has 1 aliphatic rings. The number of aromatic nitrogens is 1. The number of rotatable bonds is 4. The molecule has 0 atom stereocenters. The molecule has 2 aromatic carbocycles. The summed E-state index contributed by atoms with van der Waals surface area (Å²) in [6.07, 6.45) is -6.13. The van der Waals surface area contributed by atoms with Crippen LogP contribution in [0.5, 0.6) is 5.75 Å². The van der Waals surface area contributed by atoms with Crippen LogP contribution in [0.3, 0.4) is 0 Å². The minimum Gasteiger partial charge on any atom is -0.495 e. The molecule has 45 heavy (non-hydrogen) atoms. The van der Waals surface area contributed by atoms with Gasteiger partial charge in [-0.25, -0.2) is 14.5 Å². The molecule has 2 heterocycles. The lowest BCUT2D eigenvalue weighted by atomic mass is 10.1. The maximum atomic E-state index is 13.5. The Kier molecular flexibility index (Phi) is 9.22. The predicted octanol–water partition coefficient (Wildman–Crippen LogP) is 7.66. The Bertz CT molecular complexity index is 1720. The molecule has 3 amide bonds. The zero-order valence-electron chi connectivity index (χ0n) is 25.9. The summed E-state index contributed by atoms with van der Waals surface area (Å²) in [4.78, 5) is 41.4. The van der Waals surface area contributed by atoms with Crippen LogP contribution in [0.25, 0.3) is 10.9 Å². The van der Waals surface area contributed by atoms with Gasteiger partial charge in [-0.15, -0.1) is 0 Å². The topological polar surface area (TPSA) is 90.3 Å². The zero-order chi connectivity index (χ0) is 33.5. The van der Waals surface area contributed by atoms with Crippen LogP contribution in [0, 0.1) is 11.8 Å². The number of alkyl halides is 3. The van der Waals surface area contributed by atoms with Gasteiger partial charge in [0, 0.05) is 15.4 Å². The Hall–Kier alpha value is -4.18. The zero-order valence-corrected chi connectivity index (χ0v) is 27.5. The number of hydrogen-bond acceptors (Lipinski definition) is 6. The smallest absolute Gasteiger partial charge is 0.417 e. The number of imide groups is 1. The maximum Gasteiger partial charge on any atom is 0.417 e. The SMILES string of the molecule is COc1cc2c(cc1N(CC#Cc1cc3c(Br)cccc3n1CC(F)(F)F)C(=O)OC(C)(C)C)CN(C(=O)OC(C)(C)C)C2=O. The van der Waals surface area contributed by atoms with Crippen molar-refractivity contribution < 1.29 is 41.8 Å². The van der Waals surface area contributed by atoms with Gasteiger partial charge in [-0.05, 0) is 83.4 Å². The van der Waals surface area contributed by atoms with Gasteiger partial charge in [-0.3, -0.25) is 9.69 Å². The van der Waals surface area contributed by atoms with E-state index < -0.39 is 42.0 Å². The number of methoxy groups -OCH3 is 1. The van der Waals surface area contributed by atoms with Gasteiger partial charge in [-0.1, -0.05) is 27.9 Å². The second kappa shape index (κ2) is 12.3. The number of hydrogen-bond donors (Lipinski definition) is 0. The van der Waals surface area contributed by atoms with Crippen LogP contribution in [-0.2, 0) is 22.6 Å². The fourth-order valence-electron chi connectivity index (χ4n) is 4.64. The van der Waals surface area contributed by atoms with E-state index in [0.717, 1.165) is 9.47 Å². The first kappa shape index (κ1) is 33.7. The standard InChI is InChI=1S/C32H33BrF3N3O6/c1-30(2,3)44-28(41)37(13-9-10-20-15-22-23(33)11-8-12-24(22)39(20)18-32(34,35)36)25-14-19-17-38(29(42)45-31(4,5)6)27(40)21(19)16-26(25)43-7/h8,11-12,14-16H,13,17-18H2,1-7H3. The molecule has 0 bridgehead atoms. The summed E-state index contributed by atoms with van der Waals surface area (Å²) < 4.78 is 58.8. The summed E-state index contributed by atoms with van der Waals surface area (Å²) >= 11 is 3.38. The van der Waals surface area contributed by atoms with Gasteiger partial charge >= 0.3 is 18.4 Å². The monoisotopic (exact) mass is 691 g/mol. The van der Waals surface area contributed by atoms with E-state index in [9.17, 15) is 27.6 Å². The van der Waals surface area contributed by atoms with Crippen molar-refractivity contribution >= 4 is 50.6 Å². The molecule has 0 saturated heterocycles. The number of halogens is 4. The molecule has 1 aromatic heterocycles. The third-order valence-electron chi connectivity index (χ3n) is 6.41. The van der Waals surface area contributed by atoms with Gasteiger partial charge in [0.2, 0.25) is 0 Å². The Morgan fingerprint density at radius 2 is 1.69 bits per heavy atom. The van der Waals surface area contributed by atoms with Crippen molar-refractivity contribution in [1.29, 1.82) is 0 Å². The summed E-state index contributed by atoms with van der Waals surface area (Å²) in [5.41, 5.74) is -0.480. The number of amides is 3.